The zero-order valence-electron chi connectivity index (χ0n) is 12.5. The van der Waals surface area contributed by atoms with Crippen molar-refractivity contribution in [1.82, 2.24) is 25.1 Å². The van der Waals surface area contributed by atoms with Gasteiger partial charge in [-0.2, -0.15) is 0 Å². The Morgan fingerprint density at radius 1 is 1.48 bits per heavy atom. The van der Waals surface area contributed by atoms with Crippen LogP contribution in [0.1, 0.15) is 42.5 Å². The van der Waals surface area contributed by atoms with Gasteiger partial charge in [-0.05, 0) is 25.5 Å². The Bertz CT molecular complexity index is 609. The Hall–Kier alpha value is -2.44. The first kappa shape index (κ1) is 15.0. The van der Waals surface area contributed by atoms with E-state index in [0.717, 1.165) is 13.0 Å². The SMILES string of the molecule is CCCNc1ncccc1C(=O)NC(C)c1nncn1C. The number of nitrogens with one attached hydrogen (secondary N) is 2. The van der Waals surface area contributed by atoms with E-state index in [1.807, 2.05) is 14.0 Å². The molecule has 1 amide bonds. The van der Waals surface area contributed by atoms with Gasteiger partial charge in [-0.3, -0.25) is 4.79 Å². The molecule has 0 aliphatic heterocycles. The smallest absolute Gasteiger partial charge is 0.255 e. The van der Waals surface area contributed by atoms with Gasteiger partial charge in [-0.1, -0.05) is 6.92 Å². The summed E-state index contributed by atoms with van der Waals surface area (Å²) in [5, 5.41) is 13.9. The van der Waals surface area contributed by atoms with E-state index in [1.165, 1.54) is 0 Å². The molecule has 2 rings (SSSR count). The topological polar surface area (TPSA) is 84.7 Å². The summed E-state index contributed by atoms with van der Waals surface area (Å²) in [5.41, 5.74) is 0.528. The summed E-state index contributed by atoms with van der Waals surface area (Å²) in [4.78, 5) is 16.6. The van der Waals surface area contributed by atoms with E-state index in [1.54, 1.807) is 29.2 Å². The third-order valence-corrected chi connectivity index (χ3v) is 3.08. The highest BCUT2D eigenvalue weighted by Gasteiger charge is 2.17. The number of hydrogen-bond donors (Lipinski definition) is 2. The number of hydrogen-bond acceptors (Lipinski definition) is 5. The van der Waals surface area contributed by atoms with Gasteiger partial charge in [0.15, 0.2) is 5.82 Å². The van der Waals surface area contributed by atoms with Gasteiger partial charge in [0.2, 0.25) is 0 Å². The van der Waals surface area contributed by atoms with Crippen LogP contribution in [0.4, 0.5) is 5.82 Å². The Morgan fingerprint density at radius 2 is 2.29 bits per heavy atom. The lowest BCUT2D eigenvalue weighted by atomic mass is 10.2. The van der Waals surface area contributed by atoms with Gasteiger partial charge < -0.3 is 15.2 Å². The molecule has 112 valence electrons. The van der Waals surface area contributed by atoms with Crippen LogP contribution in [0.3, 0.4) is 0 Å². The second kappa shape index (κ2) is 6.83. The molecule has 2 aromatic heterocycles. The van der Waals surface area contributed by atoms with Gasteiger partial charge in [-0.25, -0.2) is 4.98 Å². The zero-order chi connectivity index (χ0) is 15.2. The minimum atomic E-state index is -0.232. The number of rotatable bonds is 6. The molecular formula is C14H20N6O. The number of nitrogens with zero attached hydrogens (tertiary/aromatic N) is 4. The molecule has 1 unspecified atom stereocenters. The van der Waals surface area contributed by atoms with Crippen molar-refractivity contribution < 1.29 is 4.79 Å². The second-order valence-electron chi connectivity index (χ2n) is 4.82. The molecule has 21 heavy (non-hydrogen) atoms. The Labute approximate surface area is 123 Å². The van der Waals surface area contributed by atoms with E-state index in [0.29, 0.717) is 17.2 Å². The number of carbonyl (C=O) groups is 1. The van der Waals surface area contributed by atoms with Gasteiger partial charge in [0.05, 0.1) is 11.6 Å². The minimum Gasteiger partial charge on any atom is -0.369 e. The molecular weight excluding hydrogens is 268 g/mol. The third-order valence-electron chi connectivity index (χ3n) is 3.08. The maximum Gasteiger partial charge on any atom is 0.255 e. The Morgan fingerprint density at radius 3 is 2.95 bits per heavy atom. The average molecular weight is 288 g/mol. The van der Waals surface area contributed by atoms with E-state index in [9.17, 15) is 4.79 Å². The van der Waals surface area contributed by atoms with E-state index >= 15 is 0 Å². The highest BCUT2D eigenvalue weighted by molar-refractivity contribution is 5.98. The lowest BCUT2D eigenvalue weighted by molar-refractivity contribution is 0.0938. The predicted molar refractivity (Wildman–Crippen MR) is 79.9 cm³/mol. The summed E-state index contributed by atoms with van der Waals surface area (Å²) in [7, 11) is 1.84. The lowest BCUT2D eigenvalue weighted by Crippen LogP contribution is -2.29. The standard InChI is InChI=1S/C14H20N6O/c1-4-7-15-12-11(6-5-8-16-12)14(21)18-10(2)13-19-17-9-20(13)3/h5-6,8-10H,4,7H2,1-3H3,(H,15,16)(H,18,21). The quantitative estimate of drug-likeness (QED) is 0.842. The second-order valence-corrected chi connectivity index (χ2v) is 4.82. The molecule has 1 atom stereocenters. The van der Waals surface area contributed by atoms with Crippen molar-refractivity contribution in [3.05, 3.63) is 36.0 Å². The molecule has 0 aliphatic carbocycles. The van der Waals surface area contributed by atoms with Crippen molar-refractivity contribution >= 4 is 11.7 Å². The van der Waals surface area contributed by atoms with Crippen molar-refractivity contribution in [2.24, 2.45) is 7.05 Å². The molecule has 2 heterocycles. The van der Waals surface area contributed by atoms with Crippen molar-refractivity contribution in [2.75, 3.05) is 11.9 Å². The van der Waals surface area contributed by atoms with Crippen LogP contribution in [-0.4, -0.2) is 32.2 Å². The highest BCUT2D eigenvalue weighted by Crippen LogP contribution is 2.14. The number of carbonyl (C=O) groups excluding carboxylic acids is 1. The van der Waals surface area contributed by atoms with E-state index in [4.69, 9.17) is 0 Å². The Kier molecular flexibility index (Phi) is 4.86. The van der Waals surface area contributed by atoms with Crippen molar-refractivity contribution in [3.63, 3.8) is 0 Å². The van der Waals surface area contributed by atoms with Crippen LogP contribution in [0.5, 0.6) is 0 Å². The molecule has 0 aromatic carbocycles. The summed E-state index contributed by atoms with van der Waals surface area (Å²) in [5.74, 6) is 1.12. The molecule has 0 fully saturated rings. The molecule has 0 bridgehead atoms. The van der Waals surface area contributed by atoms with Gasteiger partial charge >= 0.3 is 0 Å². The van der Waals surface area contributed by atoms with Crippen LogP contribution in [0.15, 0.2) is 24.7 Å². The number of amides is 1. The molecule has 7 heteroatoms. The fraction of sp³-hybridized carbons (Fsp3) is 0.429. The average Bonchev–Trinajstić information content (AvgIpc) is 2.91. The van der Waals surface area contributed by atoms with Gasteiger partial charge in [0.1, 0.15) is 12.1 Å². The summed E-state index contributed by atoms with van der Waals surface area (Å²) < 4.78 is 1.78. The maximum absolute atomic E-state index is 12.4. The molecule has 0 saturated carbocycles. The zero-order valence-corrected chi connectivity index (χ0v) is 12.5. The van der Waals surface area contributed by atoms with Gasteiger partial charge in [0.25, 0.3) is 5.91 Å². The van der Waals surface area contributed by atoms with Crippen LogP contribution in [0.25, 0.3) is 0 Å². The summed E-state index contributed by atoms with van der Waals surface area (Å²) in [6.45, 7) is 4.71. The van der Waals surface area contributed by atoms with Crippen molar-refractivity contribution in [2.45, 2.75) is 26.3 Å². The first-order chi connectivity index (χ1) is 10.1. The van der Waals surface area contributed by atoms with E-state index in [-0.39, 0.29) is 11.9 Å². The number of pyridine rings is 1. The minimum absolute atomic E-state index is 0.183. The maximum atomic E-state index is 12.4. The summed E-state index contributed by atoms with van der Waals surface area (Å²) in [6, 6.07) is 3.27. The summed E-state index contributed by atoms with van der Waals surface area (Å²) in [6.07, 6.45) is 4.24. The van der Waals surface area contributed by atoms with Crippen LogP contribution < -0.4 is 10.6 Å². The molecule has 2 N–H and O–H groups in total. The van der Waals surface area contributed by atoms with Crippen molar-refractivity contribution in [1.29, 1.82) is 0 Å². The number of aryl methyl sites for hydroxylation is 1. The Balaban J connectivity index is 2.11. The first-order valence-electron chi connectivity index (χ1n) is 6.97. The third kappa shape index (κ3) is 3.56. The molecule has 2 aromatic rings. The fourth-order valence-corrected chi connectivity index (χ4v) is 2.00. The van der Waals surface area contributed by atoms with Crippen LogP contribution in [0.2, 0.25) is 0 Å². The molecule has 0 spiro atoms. The summed E-state index contributed by atoms with van der Waals surface area (Å²) >= 11 is 0. The first-order valence-corrected chi connectivity index (χ1v) is 6.97. The van der Waals surface area contributed by atoms with Crippen molar-refractivity contribution in [3.8, 4) is 0 Å². The van der Waals surface area contributed by atoms with Gasteiger partial charge in [0, 0.05) is 19.8 Å². The van der Waals surface area contributed by atoms with Crippen LogP contribution in [-0.2, 0) is 7.05 Å². The molecule has 0 saturated heterocycles. The van der Waals surface area contributed by atoms with Crippen LogP contribution >= 0.6 is 0 Å². The molecule has 7 nitrogen and oxygen atoms in total. The predicted octanol–water partition coefficient (Wildman–Crippen LogP) is 1.52. The van der Waals surface area contributed by atoms with E-state index < -0.39 is 0 Å². The monoisotopic (exact) mass is 288 g/mol. The number of anilines is 1. The van der Waals surface area contributed by atoms with E-state index in [2.05, 4.69) is 32.7 Å². The lowest BCUT2D eigenvalue weighted by Gasteiger charge is -2.15. The molecule has 0 radical (unpaired) electrons. The normalized spacial score (nSPS) is 12.0. The molecule has 0 aliphatic rings. The fourth-order valence-electron chi connectivity index (χ4n) is 2.00. The largest absolute Gasteiger partial charge is 0.369 e. The van der Waals surface area contributed by atoms with Crippen LogP contribution in [0, 0.1) is 0 Å². The highest BCUT2D eigenvalue weighted by atomic mass is 16.1. The van der Waals surface area contributed by atoms with Gasteiger partial charge in [-0.15, -0.1) is 10.2 Å². The number of aromatic nitrogens is 4.